The van der Waals surface area contributed by atoms with E-state index in [1.165, 1.54) is 15.6 Å². The lowest BCUT2D eigenvalue weighted by molar-refractivity contribution is 0.190. The highest BCUT2D eigenvalue weighted by Gasteiger charge is 2.32. The monoisotopic (exact) mass is 470 g/mol. The number of nitrogens with zero attached hydrogens (tertiary/aromatic N) is 4. The van der Waals surface area contributed by atoms with Crippen LogP contribution >= 0.6 is 11.3 Å². The first kappa shape index (κ1) is 21.2. The minimum atomic E-state index is -3.74. The van der Waals surface area contributed by atoms with Crippen LogP contribution in [-0.2, 0) is 34.3 Å². The number of para-hydroxylation sites is 1. The van der Waals surface area contributed by atoms with Gasteiger partial charge in [0.25, 0.3) is 5.56 Å². The number of methoxy groups -OCH3 is 1. The van der Waals surface area contributed by atoms with Crippen molar-refractivity contribution in [3.8, 4) is 0 Å². The third-order valence-electron chi connectivity index (χ3n) is 5.75. The number of thiophene rings is 1. The second kappa shape index (κ2) is 8.36. The molecule has 1 aliphatic heterocycles. The predicted octanol–water partition coefficient (Wildman–Crippen LogP) is 2.79. The van der Waals surface area contributed by atoms with Crippen molar-refractivity contribution in [1.82, 2.24) is 18.8 Å². The predicted molar refractivity (Wildman–Crippen MR) is 123 cm³/mol. The Morgan fingerprint density at radius 2 is 2.03 bits per heavy atom. The first-order chi connectivity index (χ1) is 15.5. The van der Waals surface area contributed by atoms with E-state index in [4.69, 9.17) is 4.74 Å². The molecular formula is C22H22N4O4S2. The summed E-state index contributed by atoms with van der Waals surface area (Å²) in [6, 6.07) is 8.83. The van der Waals surface area contributed by atoms with Crippen LogP contribution in [0, 0.1) is 0 Å². The topological polar surface area (TPSA) is 94.4 Å². The van der Waals surface area contributed by atoms with Gasteiger partial charge in [-0.05, 0) is 30.5 Å². The van der Waals surface area contributed by atoms with Crippen molar-refractivity contribution in [2.24, 2.45) is 0 Å². The Balaban J connectivity index is 1.50. The van der Waals surface area contributed by atoms with E-state index >= 15 is 0 Å². The van der Waals surface area contributed by atoms with Gasteiger partial charge in [0, 0.05) is 49.8 Å². The number of hydrogen-bond donors (Lipinski definition) is 0. The van der Waals surface area contributed by atoms with E-state index in [1.807, 2.05) is 12.1 Å². The second-order valence-corrected chi connectivity index (χ2v) is 10.7. The minimum absolute atomic E-state index is 0.0711. The molecule has 0 spiro atoms. The number of fused-ring (bicyclic) bond motifs is 4. The number of rotatable bonds is 6. The number of pyridine rings is 1. The van der Waals surface area contributed by atoms with Gasteiger partial charge in [0.15, 0.2) is 0 Å². The number of sulfonamides is 1. The lowest BCUT2D eigenvalue weighted by Gasteiger charge is -2.26. The van der Waals surface area contributed by atoms with Crippen LogP contribution in [0.3, 0.4) is 0 Å². The van der Waals surface area contributed by atoms with E-state index in [9.17, 15) is 13.2 Å². The Labute approximate surface area is 189 Å². The first-order valence-corrected chi connectivity index (χ1v) is 12.6. The molecule has 0 fully saturated rings. The van der Waals surface area contributed by atoms with Crippen LogP contribution < -0.4 is 5.56 Å². The van der Waals surface area contributed by atoms with Crippen LogP contribution in [0.5, 0.6) is 0 Å². The summed E-state index contributed by atoms with van der Waals surface area (Å²) < 4.78 is 35.1. The van der Waals surface area contributed by atoms with E-state index in [1.54, 1.807) is 42.4 Å². The second-order valence-electron chi connectivity index (χ2n) is 7.69. The quantitative estimate of drug-likeness (QED) is 0.402. The number of aryl methyl sites for hydroxylation is 1. The molecule has 0 saturated carbocycles. The Morgan fingerprint density at radius 1 is 1.19 bits per heavy atom. The fourth-order valence-corrected chi connectivity index (χ4v) is 7.01. The molecule has 1 aliphatic rings. The van der Waals surface area contributed by atoms with Crippen molar-refractivity contribution >= 4 is 42.5 Å². The summed E-state index contributed by atoms with van der Waals surface area (Å²) in [4.78, 5) is 23.6. The Bertz CT molecular complexity index is 1470. The molecule has 0 atom stereocenters. The molecule has 0 radical (unpaired) electrons. The van der Waals surface area contributed by atoms with Gasteiger partial charge in [-0.2, -0.15) is 4.31 Å². The summed E-state index contributed by atoms with van der Waals surface area (Å²) in [5.41, 5.74) is 1.32. The highest BCUT2D eigenvalue weighted by Crippen LogP contribution is 2.35. The summed E-state index contributed by atoms with van der Waals surface area (Å²) in [6.07, 6.45) is 4.37. The van der Waals surface area contributed by atoms with E-state index in [0.29, 0.717) is 41.9 Å². The normalized spacial score (nSPS) is 14.8. The highest BCUT2D eigenvalue weighted by molar-refractivity contribution is 7.89. The fraction of sp³-hybridized carbons (Fsp3) is 0.318. The van der Waals surface area contributed by atoms with E-state index in [0.717, 1.165) is 22.2 Å². The van der Waals surface area contributed by atoms with Crippen LogP contribution in [0.2, 0.25) is 0 Å². The van der Waals surface area contributed by atoms with E-state index < -0.39 is 10.0 Å². The van der Waals surface area contributed by atoms with Crippen molar-refractivity contribution < 1.29 is 13.2 Å². The number of benzene rings is 1. The minimum Gasteiger partial charge on any atom is -0.385 e. The van der Waals surface area contributed by atoms with Crippen molar-refractivity contribution in [3.05, 3.63) is 63.7 Å². The molecule has 0 N–H and O–H groups in total. The molecule has 32 heavy (non-hydrogen) atoms. The third kappa shape index (κ3) is 3.53. The molecule has 0 amide bonds. The molecule has 4 heterocycles. The Morgan fingerprint density at radius 3 is 2.88 bits per heavy atom. The molecule has 1 aromatic carbocycles. The van der Waals surface area contributed by atoms with Crippen LogP contribution in [0.25, 0.3) is 21.1 Å². The molecule has 4 aromatic rings. The summed E-state index contributed by atoms with van der Waals surface area (Å²) in [5, 5.41) is 1.40. The molecule has 0 bridgehead atoms. The molecule has 5 rings (SSSR count). The molecule has 0 aliphatic carbocycles. The average molecular weight is 471 g/mol. The van der Waals surface area contributed by atoms with Gasteiger partial charge < -0.3 is 4.74 Å². The summed E-state index contributed by atoms with van der Waals surface area (Å²) in [6.45, 7) is 1.64. The fourth-order valence-electron chi connectivity index (χ4n) is 4.16. The first-order valence-electron chi connectivity index (χ1n) is 10.3. The highest BCUT2D eigenvalue weighted by atomic mass is 32.2. The van der Waals surface area contributed by atoms with Gasteiger partial charge in [0.1, 0.15) is 9.73 Å². The summed E-state index contributed by atoms with van der Waals surface area (Å²) >= 11 is 1.40. The average Bonchev–Trinajstić information content (AvgIpc) is 3.19. The van der Waals surface area contributed by atoms with E-state index in [-0.39, 0.29) is 17.0 Å². The SMILES string of the molecule is COCCCn1cnc2sc3c(c2c1=O)CCN(S(=O)(=O)c1cccc2cccnc12)C3. The number of aromatic nitrogens is 3. The standard InChI is InChI=1S/C22H22N4O4S2/c1-30-12-4-10-25-14-24-21-19(22(25)27)16-8-11-26(13-17(16)31-21)32(28,29)18-7-2-5-15-6-3-9-23-20(15)18/h2-3,5-7,9,14H,4,8,10-13H2,1H3. The number of hydrogen-bond acceptors (Lipinski definition) is 7. The molecule has 166 valence electrons. The van der Waals surface area contributed by atoms with Gasteiger partial charge in [-0.15, -0.1) is 11.3 Å². The van der Waals surface area contributed by atoms with Gasteiger partial charge in [0.2, 0.25) is 10.0 Å². The zero-order chi connectivity index (χ0) is 22.3. The van der Waals surface area contributed by atoms with Gasteiger partial charge in [0.05, 0.1) is 17.2 Å². The smallest absolute Gasteiger partial charge is 0.262 e. The molecule has 3 aromatic heterocycles. The van der Waals surface area contributed by atoms with Gasteiger partial charge in [-0.1, -0.05) is 18.2 Å². The van der Waals surface area contributed by atoms with Crippen LogP contribution in [0.15, 0.2) is 52.5 Å². The van der Waals surface area contributed by atoms with Crippen LogP contribution in [-0.4, -0.2) is 47.5 Å². The van der Waals surface area contributed by atoms with Crippen LogP contribution in [0.1, 0.15) is 16.9 Å². The lowest BCUT2D eigenvalue weighted by atomic mass is 10.1. The van der Waals surface area contributed by atoms with Crippen molar-refractivity contribution in [2.75, 3.05) is 20.3 Å². The maximum Gasteiger partial charge on any atom is 0.262 e. The summed E-state index contributed by atoms with van der Waals surface area (Å²) in [7, 11) is -2.11. The molecule has 8 nitrogen and oxygen atoms in total. The molecule has 10 heteroatoms. The van der Waals surface area contributed by atoms with Gasteiger partial charge in [-0.25, -0.2) is 13.4 Å². The zero-order valence-electron chi connectivity index (χ0n) is 17.5. The molecule has 0 saturated heterocycles. The Kier molecular flexibility index (Phi) is 5.54. The summed E-state index contributed by atoms with van der Waals surface area (Å²) in [5.74, 6) is 0. The maximum absolute atomic E-state index is 13.5. The maximum atomic E-state index is 13.5. The van der Waals surface area contributed by atoms with Crippen molar-refractivity contribution in [1.29, 1.82) is 0 Å². The zero-order valence-corrected chi connectivity index (χ0v) is 19.2. The molecular weight excluding hydrogens is 448 g/mol. The largest absolute Gasteiger partial charge is 0.385 e. The van der Waals surface area contributed by atoms with Gasteiger partial charge in [-0.3, -0.25) is 14.3 Å². The van der Waals surface area contributed by atoms with Crippen LogP contribution in [0.4, 0.5) is 0 Å². The lowest BCUT2D eigenvalue weighted by Crippen LogP contribution is -2.35. The molecule has 0 unspecified atom stereocenters. The van der Waals surface area contributed by atoms with Crippen molar-refractivity contribution in [2.45, 2.75) is 30.8 Å². The van der Waals surface area contributed by atoms with E-state index in [2.05, 4.69) is 9.97 Å². The van der Waals surface area contributed by atoms with Gasteiger partial charge >= 0.3 is 0 Å². The van der Waals surface area contributed by atoms with Crippen molar-refractivity contribution in [3.63, 3.8) is 0 Å². The Hall–Kier alpha value is -2.66. The number of ether oxygens (including phenoxy) is 1. The third-order valence-corrected chi connectivity index (χ3v) is 8.75.